The summed E-state index contributed by atoms with van der Waals surface area (Å²) in [7, 11) is -2.92. The summed E-state index contributed by atoms with van der Waals surface area (Å²) >= 11 is 0. The van der Waals surface area contributed by atoms with Gasteiger partial charge >= 0.3 is 69.9 Å². The van der Waals surface area contributed by atoms with Crippen molar-refractivity contribution in [3.63, 3.8) is 0 Å². The Balaban J connectivity index is -0.0000000184. The molecule has 0 aliphatic rings. The van der Waals surface area contributed by atoms with Gasteiger partial charge in [-0.2, -0.15) is 26.3 Å². The zero-order valence-electron chi connectivity index (χ0n) is 8.22. The van der Waals surface area contributed by atoms with Crippen LogP contribution in [0, 0.1) is 0 Å². The van der Waals surface area contributed by atoms with Gasteiger partial charge < -0.3 is 15.1 Å². The van der Waals surface area contributed by atoms with Gasteiger partial charge in [0.1, 0.15) is 0 Å². The topological polar surface area (TPSA) is 69.2 Å². The predicted molar refractivity (Wildman–Crippen MR) is 20.0 cm³/mol. The van der Waals surface area contributed by atoms with Gasteiger partial charge in [0.05, 0.1) is 0 Å². The zero-order chi connectivity index (χ0) is 10.7. The molecule has 0 aromatic rings. The van der Waals surface area contributed by atoms with Crippen LogP contribution in [0.1, 0.15) is 0 Å². The van der Waals surface area contributed by atoms with Crippen LogP contribution >= 0.6 is 0 Å². The second kappa shape index (κ2) is 29.5. The van der Waals surface area contributed by atoms with Crippen molar-refractivity contribution in [1.29, 1.82) is 0 Å². The van der Waals surface area contributed by atoms with Crippen LogP contribution in [0.25, 0.3) is 0 Å². The van der Waals surface area contributed by atoms with E-state index in [1.807, 2.05) is 0 Å². The summed E-state index contributed by atoms with van der Waals surface area (Å²) in [6.45, 7) is -7.33. The number of alkyl halides is 6. The second-order valence-electron chi connectivity index (χ2n) is 0.784. The van der Waals surface area contributed by atoms with Crippen molar-refractivity contribution in [2.45, 2.75) is 13.4 Å². The van der Waals surface area contributed by atoms with E-state index in [0.717, 1.165) is 0 Å². The van der Waals surface area contributed by atoms with Gasteiger partial charge in [-0.15, -0.1) is 0 Å². The summed E-state index contributed by atoms with van der Waals surface area (Å²) in [5.41, 5.74) is 0. The number of rotatable bonds is 0. The first kappa shape index (κ1) is 36.0. The summed E-state index contributed by atoms with van der Waals surface area (Å²) in [6, 6.07) is 0. The maximum atomic E-state index is 9.67. The zero-order valence-corrected chi connectivity index (χ0v) is 8.22. The molecule has 0 aromatic heterocycles. The molecule has 76 valence electrons. The molecule has 13 heteroatoms. The molecule has 0 aromatic carbocycles. The SMILES string of the molecule is FC(F)F.FC(F)F.[Li+].[Li+].[Li+].[O-]B([O-])[O-]. The Labute approximate surface area is 118 Å². The molecule has 0 unspecified atom stereocenters. The maximum Gasteiger partial charge on any atom is 1.00 e. The van der Waals surface area contributed by atoms with Crippen LogP contribution < -0.4 is 71.7 Å². The van der Waals surface area contributed by atoms with E-state index in [0.29, 0.717) is 0 Å². The molecule has 0 saturated carbocycles. The van der Waals surface area contributed by atoms with E-state index in [4.69, 9.17) is 15.1 Å². The summed E-state index contributed by atoms with van der Waals surface area (Å²) in [5.74, 6) is 0. The van der Waals surface area contributed by atoms with Gasteiger partial charge in [0.15, 0.2) is 0 Å². The molecule has 3 nitrogen and oxygen atoms in total. The fraction of sp³-hybridized carbons (Fsp3) is 1.00. The van der Waals surface area contributed by atoms with Crippen LogP contribution in [0.5, 0.6) is 0 Å². The summed E-state index contributed by atoms with van der Waals surface area (Å²) in [5, 5.41) is 25.2. The van der Waals surface area contributed by atoms with Crippen LogP contribution in [0.15, 0.2) is 0 Å². The van der Waals surface area contributed by atoms with Crippen LogP contribution in [-0.2, 0) is 0 Å². The van der Waals surface area contributed by atoms with Crippen molar-refractivity contribution < 1.29 is 98.0 Å². The van der Waals surface area contributed by atoms with Gasteiger partial charge in [-0.05, 0) is 0 Å². The minimum absolute atomic E-state index is 0. The summed E-state index contributed by atoms with van der Waals surface area (Å²) < 4.78 is 58.0. The van der Waals surface area contributed by atoms with E-state index in [-0.39, 0.29) is 56.6 Å². The number of halogens is 6. The molecule has 0 amide bonds. The minimum Gasteiger partial charge on any atom is -0.907 e. The second-order valence-corrected chi connectivity index (χ2v) is 0.784. The van der Waals surface area contributed by atoms with Crippen molar-refractivity contribution in [2.75, 3.05) is 0 Å². The van der Waals surface area contributed by atoms with E-state index >= 15 is 0 Å². The average molecular weight is 220 g/mol. The van der Waals surface area contributed by atoms with Gasteiger partial charge in [-0.25, -0.2) is 0 Å². The molecule has 0 saturated heterocycles. The predicted octanol–water partition coefficient (Wildman–Crippen LogP) is -10.6. The molecule has 0 fully saturated rings. The van der Waals surface area contributed by atoms with E-state index in [9.17, 15) is 26.3 Å². The normalized spacial score (nSPS) is 6.60. The molecular formula is C2H2BF6Li3O3. The molecule has 0 aliphatic carbocycles. The fourth-order valence-electron chi connectivity index (χ4n) is 0. The van der Waals surface area contributed by atoms with Crippen LogP contribution in [0.2, 0.25) is 0 Å². The molecule has 0 aliphatic heterocycles. The van der Waals surface area contributed by atoms with Crippen molar-refractivity contribution >= 4 is 7.32 Å². The average Bonchev–Trinajstić information content (AvgIpc) is 1.54. The molecule has 0 rings (SSSR count). The van der Waals surface area contributed by atoms with Crippen LogP contribution in [0.4, 0.5) is 26.3 Å². The van der Waals surface area contributed by atoms with Gasteiger partial charge in [-0.1, -0.05) is 0 Å². The van der Waals surface area contributed by atoms with E-state index in [2.05, 4.69) is 0 Å². The first-order valence-electron chi connectivity index (χ1n) is 2.02. The number of hydrogen-bond donors (Lipinski definition) is 0. The Morgan fingerprint density at radius 1 is 0.600 bits per heavy atom. The van der Waals surface area contributed by atoms with Crippen molar-refractivity contribution in [2.24, 2.45) is 0 Å². The van der Waals surface area contributed by atoms with E-state index < -0.39 is 20.7 Å². The Morgan fingerprint density at radius 2 is 0.600 bits per heavy atom. The molecule has 0 bridgehead atoms. The van der Waals surface area contributed by atoms with E-state index in [1.165, 1.54) is 0 Å². The molecule has 0 N–H and O–H groups in total. The molecule has 0 radical (unpaired) electrons. The van der Waals surface area contributed by atoms with Gasteiger partial charge in [0, 0.05) is 0 Å². The Morgan fingerprint density at radius 3 is 0.600 bits per heavy atom. The third kappa shape index (κ3) is 1570. The Hall–Kier alpha value is 1.32. The van der Waals surface area contributed by atoms with E-state index in [1.54, 1.807) is 0 Å². The molecule has 15 heavy (non-hydrogen) atoms. The molecular weight excluding hydrogens is 218 g/mol. The van der Waals surface area contributed by atoms with Gasteiger partial charge in [0.25, 0.3) is 0 Å². The minimum atomic E-state index is -3.67. The number of hydrogen-bond acceptors (Lipinski definition) is 3. The van der Waals surface area contributed by atoms with Crippen molar-refractivity contribution in [3.05, 3.63) is 0 Å². The first-order chi connectivity index (χ1) is 5.20. The Kier molecular flexibility index (Phi) is 70.7. The quantitative estimate of drug-likeness (QED) is 0.300. The fourth-order valence-corrected chi connectivity index (χ4v) is 0. The largest absolute Gasteiger partial charge is 1.00 e. The molecule has 0 atom stereocenters. The van der Waals surface area contributed by atoms with Crippen molar-refractivity contribution in [1.82, 2.24) is 0 Å². The summed E-state index contributed by atoms with van der Waals surface area (Å²) in [4.78, 5) is 0. The standard InChI is InChI=1S/2CHF3.BO3.3Li/c3*2-1(3)4;;;/h2*1H;;;;/q;;-3;3*+1. The Bertz CT molecular complexity index is 60.1. The molecule has 0 spiro atoms. The van der Waals surface area contributed by atoms with Crippen LogP contribution in [0.3, 0.4) is 0 Å². The van der Waals surface area contributed by atoms with Gasteiger partial charge in [0.2, 0.25) is 0 Å². The monoisotopic (exact) mass is 220 g/mol. The first-order valence-corrected chi connectivity index (χ1v) is 2.02. The van der Waals surface area contributed by atoms with Crippen molar-refractivity contribution in [3.8, 4) is 0 Å². The smallest absolute Gasteiger partial charge is 0.907 e. The third-order valence-corrected chi connectivity index (χ3v) is 0. The third-order valence-electron chi connectivity index (χ3n) is 0. The van der Waals surface area contributed by atoms with Crippen LogP contribution in [-0.4, -0.2) is 20.7 Å². The van der Waals surface area contributed by atoms with Gasteiger partial charge in [-0.3, -0.25) is 7.32 Å². The summed E-state index contributed by atoms with van der Waals surface area (Å²) in [6.07, 6.45) is 0. The molecule has 0 heterocycles. The maximum absolute atomic E-state index is 9.67.